The molecule has 0 spiro atoms. The number of amides is 1. The molecule has 2 fully saturated rings. The number of carbonyl (C=O) groups is 2. The van der Waals surface area contributed by atoms with Gasteiger partial charge in [0, 0.05) is 18.4 Å². The van der Waals surface area contributed by atoms with Crippen LogP contribution in [0.25, 0.3) is 0 Å². The summed E-state index contributed by atoms with van der Waals surface area (Å²) >= 11 is 0. The first-order valence-corrected chi connectivity index (χ1v) is 7.59. The Morgan fingerprint density at radius 2 is 2.14 bits per heavy atom. The summed E-state index contributed by atoms with van der Waals surface area (Å²) in [6.07, 6.45) is 8.41. The molecule has 1 saturated carbocycles. The zero-order chi connectivity index (χ0) is 14.8. The van der Waals surface area contributed by atoms with Crippen LogP contribution in [0.2, 0.25) is 0 Å². The van der Waals surface area contributed by atoms with Crippen LogP contribution in [0.5, 0.6) is 0 Å². The van der Waals surface area contributed by atoms with Gasteiger partial charge in [-0.05, 0) is 36.8 Å². The molecule has 0 radical (unpaired) electrons. The molecule has 1 N–H and O–H groups in total. The molecule has 3 rings (SSSR count). The molecule has 1 aliphatic carbocycles. The standard InChI is InChI=1S/C16H20N2O3/c19-15(8-11-4-3-7-17-10-11)18-13-6-2-1-5-12(13)9-14(18)16(20)21/h3-4,7,10,12-14H,1-2,5-6,8-9H2,(H,20,21)/t12-,13-,14+/m1/s1. The van der Waals surface area contributed by atoms with Crippen LogP contribution in [0.3, 0.4) is 0 Å². The number of rotatable bonds is 3. The summed E-state index contributed by atoms with van der Waals surface area (Å²) in [5, 5.41) is 9.44. The Hall–Kier alpha value is -1.91. The number of carboxylic acid groups (broad SMARTS) is 1. The molecule has 21 heavy (non-hydrogen) atoms. The second-order valence-corrected chi connectivity index (χ2v) is 6.04. The van der Waals surface area contributed by atoms with Gasteiger partial charge in [0.1, 0.15) is 6.04 Å². The van der Waals surface area contributed by atoms with E-state index in [2.05, 4.69) is 4.98 Å². The van der Waals surface area contributed by atoms with Gasteiger partial charge < -0.3 is 10.0 Å². The fraction of sp³-hybridized carbons (Fsp3) is 0.562. The van der Waals surface area contributed by atoms with Gasteiger partial charge in [-0.25, -0.2) is 4.79 Å². The highest BCUT2D eigenvalue weighted by molar-refractivity contribution is 5.86. The van der Waals surface area contributed by atoms with Crippen molar-refractivity contribution in [3.8, 4) is 0 Å². The summed E-state index contributed by atoms with van der Waals surface area (Å²) in [6, 6.07) is 3.12. The monoisotopic (exact) mass is 288 g/mol. The van der Waals surface area contributed by atoms with Crippen molar-refractivity contribution in [3.63, 3.8) is 0 Å². The van der Waals surface area contributed by atoms with Gasteiger partial charge in [0.2, 0.25) is 5.91 Å². The Morgan fingerprint density at radius 1 is 1.33 bits per heavy atom. The lowest BCUT2D eigenvalue weighted by Crippen LogP contribution is -2.46. The van der Waals surface area contributed by atoms with Gasteiger partial charge in [0.05, 0.1) is 6.42 Å². The Kier molecular flexibility index (Phi) is 3.90. The molecule has 5 heteroatoms. The van der Waals surface area contributed by atoms with E-state index in [9.17, 15) is 14.7 Å². The zero-order valence-electron chi connectivity index (χ0n) is 11.9. The van der Waals surface area contributed by atoms with Crippen molar-refractivity contribution >= 4 is 11.9 Å². The fourth-order valence-corrected chi connectivity index (χ4v) is 3.81. The maximum absolute atomic E-state index is 12.6. The molecular formula is C16H20N2O3. The van der Waals surface area contributed by atoms with Crippen molar-refractivity contribution in [2.75, 3.05) is 0 Å². The van der Waals surface area contributed by atoms with Crippen molar-refractivity contribution in [1.82, 2.24) is 9.88 Å². The predicted molar refractivity (Wildman–Crippen MR) is 76.6 cm³/mol. The van der Waals surface area contributed by atoms with Gasteiger partial charge in [0.15, 0.2) is 0 Å². The summed E-state index contributed by atoms with van der Waals surface area (Å²) in [4.78, 5) is 29.8. The van der Waals surface area contributed by atoms with Crippen LogP contribution >= 0.6 is 0 Å². The summed E-state index contributed by atoms with van der Waals surface area (Å²) in [5.74, 6) is -0.591. The first-order chi connectivity index (χ1) is 10.2. The molecule has 1 saturated heterocycles. The maximum Gasteiger partial charge on any atom is 0.326 e. The third-order valence-electron chi connectivity index (χ3n) is 4.74. The van der Waals surface area contributed by atoms with E-state index in [-0.39, 0.29) is 18.4 Å². The number of carbonyl (C=O) groups excluding carboxylic acids is 1. The number of aromatic nitrogens is 1. The number of hydrogen-bond donors (Lipinski definition) is 1. The highest BCUT2D eigenvalue weighted by atomic mass is 16.4. The lowest BCUT2D eigenvalue weighted by Gasteiger charge is -2.33. The van der Waals surface area contributed by atoms with Crippen molar-refractivity contribution in [1.29, 1.82) is 0 Å². The normalized spacial score (nSPS) is 28.2. The Morgan fingerprint density at radius 3 is 2.86 bits per heavy atom. The van der Waals surface area contributed by atoms with E-state index >= 15 is 0 Å². The van der Waals surface area contributed by atoms with Crippen LogP contribution in [0.1, 0.15) is 37.7 Å². The average molecular weight is 288 g/mol. The summed E-state index contributed by atoms with van der Waals surface area (Å²) in [6.45, 7) is 0. The van der Waals surface area contributed by atoms with Crippen molar-refractivity contribution in [2.45, 2.75) is 50.6 Å². The lowest BCUT2D eigenvalue weighted by atomic mass is 9.84. The van der Waals surface area contributed by atoms with Gasteiger partial charge >= 0.3 is 5.97 Å². The number of aliphatic carboxylic acids is 1. The molecule has 1 aliphatic heterocycles. The van der Waals surface area contributed by atoms with Gasteiger partial charge in [0.25, 0.3) is 0 Å². The van der Waals surface area contributed by atoms with Crippen molar-refractivity contribution < 1.29 is 14.7 Å². The van der Waals surface area contributed by atoms with E-state index in [1.807, 2.05) is 6.07 Å². The topological polar surface area (TPSA) is 70.5 Å². The average Bonchev–Trinajstić information content (AvgIpc) is 2.88. The molecule has 2 heterocycles. The van der Waals surface area contributed by atoms with Crippen molar-refractivity contribution in [2.24, 2.45) is 5.92 Å². The molecular weight excluding hydrogens is 268 g/mol. The molecule has 1 amide bonds. The molecule has 1 aromatic rings. The van der Waals surface area contributed by atoms with Gasteiger partial charge in [-0.1, -0.05) is 18.9 Å². The SMILES string of the molecule is O=C(O)[C@@H]1C[C@H]2CCCC[C@H]2N1C(=O)Cc1cccnc1. The second-order valence-electron chi connectivity index (χ2n) is 6.04. The van der Waals surface area contributed by atoms with E-state index in [0.29, 0.717) is 12.3 Å². The molecule has 0 bridgehead atoms. The number of hydrogen-bond acceptors (Lipinski definition) is 3. The summed E-state index contributed by atoms with van der Waals surface area (Å²) in [5.41, 5.74) is 0.839. The summed E-state index contributed by atoms with van der Waals surface area (Å²) < 4.78 is 0. The molecule has 3 atom stereocenters. The lowest BCUT2D eigenvalue weighted by molar-refractivity contribution is -0.149. The first-order valence-electron chi connectivity index (χ1n) is 7.59. The van der Waals surface area contributed by atoms with Crippen LogP contribution in [0.15, 0.2) is 24.5 Å². The van der Waals surface area contributed by atoms with Crippen LogP contribution in [-0.2, 0) is 16.0 Å². The molecule has 0 aromatic carbocycles. The fourth-order valence-electron chi connectivity index (χ4n) is 3.81. The highest BCUT2D eigenvalue weighted by Crippen LogP contribution is 2.40. The van der Waals surface area contributed by atoms with Gasteiger partial charge in [-0.15, -0.1) is 0 Å². The molecule has 5 nitrogen and oxygen atoms in total. The Labute approximate surface area is 124 Å². The number of nitrogens with zero attached hydrogens (tertiary/aromatic N) is 2. The number of likely N-dealkylation sites (tertiary alicyclic amines) is 1. The third kappa shape index (κ3) is 2.77. The van der Waals surface area contributed by atoms with Crippen molar-refractivity contribution in [3.05, 3.63) is 30.1 Å². The maximum atomic E-state index is 12.6. The van der Waals surface area contributed by atoms with E-state index < -0.39 is 12.0 Å². The summed E-state index contributed by atoms with van der Waals surface area (Å²) in [7, 11) is 0. The zero-order valence-corrected chi connectivity index (χ0v) is 11.9. The van der Waals surface area contributed by atoms with E-state index in [4.69, 9.17) is 0 Å². The van der Waals surface area contributed by atoms with Crippen LogP contribution in [0.4, 0.5) is 0 Å². The van der Waals surface area contributed by atoms with Gasteiger partial charge in [-0.3, -0.25) is 9.78 Å². The molecule has 0 unspecified atom stereocenters. The Balaban J connectivity index is 1.79. The van der Waals surface area contributed by atoms with Crippen LogP contribution < -0.4 is 0 Å². The number of carboxylic acids is 1. The predicted octanol–water partition coefficient (Wildman–Crippen LogP) is 1.87. The quantitative estimate of drug-likeness (QED) is 0.921. The minimum absolute atomic E-state index is 0.0789. The van der Waals surface area contributed by atoms with E-state index in [1.165, 1.54) is 0 Å². The van der Waals surface area contributed by atoms with E-state index in [0.717, 1.165) is 31.2 Å². The number of pyridine rings is 1. The molecule has 2 aliphatic rings. The largest absolute Gasteiger partial charge is 0.480 e. The highest BCUT2D eigenvalue weighted by Gasteiger charge is 2.47. The molecule has 112 valence electrons. The van der Waals surface area contributed by atoms with Crippen LogP contribution in [-0.4, -0.2) is 39.0 Å². The van der Waals surface area contributed by atoms with Crippen LogP contribution in [0, 0.1) is 5.92 Å². The van der Waals surface area contributed by atoms with Gasteiger partial charge in [-0.2, -0.15) is 0 Å². The van der Waals surface area contributed by atoms with E-state index in [1.54, 1.807) is 23.4 Å². The smallest absolute Gasteiger partial charge is 0.326 e. The Bertz CT molecular complexity index is 532. The third-order valence-corrected chi connectivity index (χ3v) is 4.74. The minimum Gasteiger partial charge on any atom is -0.480 e. The number of fused-ring (bicyclic) bond motifs is 1. The molecule has 1 aromatic heterocycles. The minimum atomic E-state index is -0.871. The first kappa shape index (κ1) is 14.0. The second kappa shape index (κ2) is 5.84.